The molecule has 0 aliphatic carbocycles. The fourth-order valence-corrected chi connectivity index (χ4v) is 4.55. The van der Waals surface area contributed by atoms with E-state index in [1.165, 1.54) is 16.4 Å². The van der Waals surface area contributed by atoms with Crippen molar-refractivity contribution in [3.63, 3.8) is 0 Å². The molecule has 5 nitrogen and oxygen atoms in total. The molecule has 3 rings (SSSR count). The lowest BCUT2D eigenvalue weighted by atomic mass is 10.1. The molecule has 8 heteroatoms. The molecule has 138 valence electrons. The highest BCUT2D eigenvalue weighted by molar-refractivity contribution is 7.92. The monoisotopic (exact) mass is 380 g/mol. The van der Waals surface area contributed by atoms with Crippen molar-refractivity contribution in [2.45, 2.75) is 19.8 Å². The maximum atomic E-state index is 13.3. The van der Waals surface area contributed by atoms with Crippen LogP contribution < -0.4 is 9.62 Å². The fraction of sp³-hybridized carbons (Fsp3) is 0.278. The van der Waals surface area contributed by atoms with Gasteiger partial charge in [0.1, 0.15) is 0 Å². The van der Waals surface area contributed by atoms with E-state index < -0.39 is 27.6 Å². The molecule has 2 aromatic rings. The molecular formula is C18H18F2N2O3S. The molecule has 1 amide bonds. The smallest absolute Gasteiger partial charge is 0.255 e. The molecule has 1 heterocycles. The predicted octanol–water partition coefficient (Wildman–Crippen LogP) is 3.46. The summed E-state index contributed by atoms with van der Waals surface area (Å²) in [6, 6.07) is 7.79. The zero-order valence-electron chi connectivity index (χ0n) is 14.1. The van der Waals surface area contributed by atoms with Crippen LogP contribution in [0, 0.1) is 18.6 Å². The van der Waals surface area contributed by atoms with Crippen LogP contribution in [0.25, 0.3) is 0 Å². The summed E-state index contributed by atoms with van der Waals surface area (Å²) in [5.41, 5.74) is 1.54. The molecule has 1 N–H and O–H groups in total. The van der Waals surface area contributed by atoms with Crippen LogP contribution in [0.2, 0.25) is 0 Å². The Hall–Kier alpha value is -2.48. The first-order chi connectivity index (χ1) is 12.3. The largest absolute Gasteiger partial charge is 0.322 e. The van der Waals surface area contributed by atoms with Crippen molar-refractivity contribution in [3.05, 3.63) is 59.2 Å². The Labute approximate surface area is 150 Å². The van der Waals surface area contributed by atoms with Gasteiger partial charge in [-0.15, -0.1) is 0 Å². The minimum Gasteiger partial charge on any atom is -0.322 e. The van der Waals surface area contributed by atoms with E-state index in [0.29, 0.717) is 18.7 Å². The van der Waals surface area contributed by atoms with Crippen molar-refractivity contribution in [2.24, 2.45) is 0 Å². The van der Waals surface area contributed by atoms with Crippen molar-refractivity contribution < 1.29 is 22.0 Å². The highest BCUT2D eigenvalue weighted by atomic mass is 32.2. The third kappa shape index (κ3) is 3.70. The molecule has 0 saturated carbocycles. The molecule has 2 aromatic carbocycles. The highest BCUT2D eigenvalue weighted by Gasteiger charge is 2.27. The number of nitrogens with one attached hydrogen (secondary N) is 1. The molecule has 1 aliphatic rings. The molecule has 0 atom stereocenters. The Kier molecular flexibility index (Phi) is 4.95. The summed E-state index contributed by atoms with van der Waals surface area (Å²) in [5.74, 6) is -2.52. The normalized spacial score (nSPS) is 16.3. The molecule has 1 aliphatic heterocycles. The summed E-state index contributed by atoms with van der Waals surface area (Å²) in [6.45, 7) is 2.15. The summed E-state index contributed by atoms with van der Waals surface area (Å²) in [6.07, 6.45) is 1.37. The molecule has 0 spiro atoms. The van der Waals surface area contributed by atoms with Gasteiger partial charge in [0.2, 0.25) is 10.0 Å². The minimum atomic E-state index is -3.40. The second-order valence-electron chi connectivity index (χ2n) is 6.18. The van der Waals surface area contributed by atoms with Crippen LogP contribution in [0.4, 0.5) is 20.2 Å². The summed E-state index contributed by atoms with van der Waals surface area (Å²) in [4.78, 5) is 12.4. The van der Waals surface area contributed by atoms with Gasteiger partial charge in [0.15, 0.2) is 11.6 Å². The molecule has 0 bridgehead atoms. The van der Waals surface area contributed by atoms with Crippen LogP contribution in [-0.2, 0) is 10.0 Å². The number of carbonyl (C=O) groups excluding carboxylic acids is 1. The first-order valence-electron chi connectivity index (χ1n) is 8.15. The van der Waals surface area contributed by atoms with Crippen molar-refractivity contribution in [2.75, 3.05) is 21.9 Å². The summed E-state index contributed by atoms with van der Waals surface area (Å²) in [7, 11) is -3.40. The van der Waals surface area contributed by atoms with Crippen molar-refractivity contribution in [3.8, 4) is 0 Å². The lowest BCUT2D eigenvalue weighted by Gasteiger charge is -2.29. The van der Waals surface area contributed by atoms with Crippen LogP contribution in [0.15, 0.2) is 36.4 Å². The average Bonchev–Trinajstić information content (AvgIpc) is 2.58. The van der Waals surface area contributed by atoms with Gasteiger partial charge < -0.3 is 5.32 Å². The maximum Gasteiger partial charge on any atom is 0.255 e. The second kappa shape index (κ2) is 7.03. The Morgan fingerprint density at radius 2 is 1.85 bits per heavy atom. The lowest BCUT2D eigenvalue weighted by molar-refractivity contribution is 0.102. The predicted molar refractivity (Wildman–Crippen MR) is 95.9 cm³/mol. The standard InChI is InChI=1S/C18H18F2N2O3S/c1-12-4-5-13(10-17(12)22-8-2-3-9-26(22,24)25)18(23)21-14-6-7-15(19)16(20)11-14/h4-7,10-11H,2-3,8-9H2,1H3,(H,21,23). The molecule has 0 aromatic heterocycles. The molecular weight excluding hydrogens is 362 g/mol. The van der Waals surface area contributed by atoms with E-state index in [1.807, 2.05) is 0 Å². The summed E-state index contributed by atoms with van der Waals surface area (Å²) >= 11 is 0. The third-order valence-corrected chi connectivity index (χ3v) is 6.12. The van der Waals surface area contributed by atoms with Gasteiger partial charge in [0, 0.05) is 23.9 Å². The van der Waals surface area contributed by atoms with Crippen LogP contribution in [-0.4, -0.2) is 26.6 Å². The molecule has 1 saturated heterocycles. The second-order valence-corrected chi connectivity index (χ2v) is 8.19. The lowest BCUT2D eigenvalue weighted by Crippen LogP contribution is -2.38. The number of anilines is 2. The number of amides is 1. The molecule has 1 fully saturated rings. The Balaban J connectivity index is 1.89. The van der Waals surface area contributed by atoms with Crippen molar-refractivity contribution >= 4 is 27.3 Å². The fourth-order valence-electron chi connectivity index (χ4n) is 2.86. The highest BCUT2D eigenvalue weighted by Crippen LogP contribution is 2.28. The van der Waals surface area contributed by atoms with E-state index in [2.05, 4.69) is 5.32 Å². The van der Waals surface area contributed by atoms with Crippen LogP contribution in [0.3, 0.4) is 0 Å². The van der Waals surface area contributed by atoms with E-state index in [-0.39, 0.29) is 17.0 Å². The SMILES string of the molecule is Cc1ccc(C(=O)Nc2ccc(F)c(F)c2)cc1N1CCCCS1(=O)=O. The quantitative estimate of drug-likeness (QED) is 0.887. The Bertz CT molecular complexity index is 961. The van der Waals surface area contributed by atoms with Crippen LogP contribution >= 0.6 is 0 Å². The number of rotatable bonds is 3. The van der Waals surface area contributed by atoms with E-state index in [4.69, 9.17) is 0 Å². The van der Waals surface area contributed by atoms with Crippen LogP contribution in [0.5, 0.6) is 0 Å². The number of nitrogens with zero attached hydrogens (tertiary/aromatic N) is 1. The Morgan fingerprint density at radius 3 is 2.54 bits per heavy atom. The van der Waals surface area contributed by atoms with E-state index in [9.17, 15) is 22.0 Å². The number of hydrogen-bond acceptors (Lipinski definition) is 3. The first kappa shape index (κ1) is 18.3. The van der Waals surface area contributed by atoms with Crippen molar-refractivity contribution in [1.29, 1.82) is 0 Å². The summed E-state index contributed by atoms with van der Waals surface area (Å²) in [5, 5.41) is 2.48. The van der Waals surface area contributed by atoms with Gasteiger partial charge in [-0.05, 0) is 49.6 Å². The number of benzene rings is 2. The number of sulfonamides is 1. The average molecular weight is 380 g/mol. The van der Waals surface area contributed by atoms with Crippen LogP contribution in [0.1, 0.15) is 28.8 Å². The zero-order valence-corrected chi connectivity index (χ0v) is 14.9. The number of hydrogen-bond donors (Lipinski definition) is 1. The molecule has 0 unspecified atom stereocenters. The van der Waals surface area contributed by atoms with Gasteiger partial charge in [0.05, 0.1) is 11.4 Å². The topological polar surface area (TPSA) is 66.5 Å². The van der Waals surface area contributed by atoms with Crippen molar-refractivity contribution in [1.82, 2.24) is 0 Å². The van der Waals surface area contributed by atoms with Gasteiger partial charge in [-0.2, -0.15) is 0 Å². The van der Waals surface area contributed by atoms with E-state index >= 15 is 0 Å². The van der Waals surface area contributed by atoms with Gasteiger partial charge in [-0.25, -0.2) is 17.2 Å². The summed E-state index contributed by atoms with van der Waals surface area (Å²) < 4.78 is 52.2. The molecule has 0 radical (unpaired) electrons. The van der Waals surface area contributed by atoms with Gasteiger partial charge in [-0.1, -0.05) is 6.07 Å². The zero-order chi connectivity index (χ0) is 18.9. The van der Waals surface area contributed by atoms with Gasteiger partial charge in [-0.3, -0.25) is 9.10 Å². The third-order valence-electron chi connectivity index (χ3n) is 4.27. The number of carbonyl (C=O) groups is 1. The minimum absolute atomic E-state index is 0.0811. The Morgan fingerprint density at radius 1 is 1.08 bits per heavy atom. The first-order valence-corrected chi connectivity index (χ1v) is 9.76. The van der Waals surface area contributed by atoms with E-state index in [1.54, 1.807) is 19.1 Å². The number of halogens is 2. The van der Waals surface area contributed by atoms with Gasteiger partial charge >= 0.3 is 0 Å². The molecule has 26 heavy (non-hydrogen) atoms. The van der Waals surface area contributed by atoms with E-state index in [0.717, 1.165) is 24.1 Å². The van der Waals surface area contributed by atoms with Gasteiger partial charge in [0.25, 0.3) is 5.91 Å². The maximum absolute atomic E-state index is 13.3. The number of aryl methyl sites for hydroxylation is 1.